The second kappa shape index (κ2) is 7.06. The van der Waals surface area contributed by atoms with E-state index in [-0.39, 0.29) is 0 Å². The predicted molar refractivity (Wildman–Crippen MR) is 89.2 cm³/mol. The Bertz CT molecular complexity index is 390. The fourth-order valence-corrected chi connectivity index (χ4v) is 4.55. The van der Waals surface area contributed by atoms with E-state index in [0.29, 0.717) is 11.5 Å². The lowest BCUT2D eigenvalue weighted by atomic mass is 9.69. The van der Waals surface area contributed by atoms with Crippen molar-refractivity contribution in [2.75, 3.05) is 20.1 Å². The Balaban J connectivity index is 1.92. The molecular formula is C17H30N2S. The van der Waals surface area contributed by atoms with Crippen molar-refractivity contribution in [2.45, 2.75) is 52.0 Å². The van der Waals surface area contributed by atoms with Gasteiger partial charge in [-0.2, -0.15) is 0 Å². The van der Waals surface area contributed by atoms with Crippen LogP contribution in [0.25, 0.3) is 0 Å². The molecule has 3 heteroatoms. The van der Waals surface area contributed by atoms with E-state index < -0.39 is 0 Å². The van der Waals surface area contributed by atoms with E-state index in [1.54, 1.807) is 0 Å². The molecule has 1 fully saturated rings. The van der Waals surface area contributed by atoms with E-state index in [2.05, 4.69) is 43.3 Å². The number of hydrogen-bond acceptors (Lipinski definition) is 3. The van der Waals surface area contributed by atoms with Crippen LogP contribution in [0, 0.1) is 11.3 Å². The first-order chi connectivity index (χ1) is 9.54. The summed E-state index contributed by atoms with van der Waals surface area (Å²) in [5, 5.41) is 2.17. The number of likely N-dealkylation sites (N-methyl/N-ethyl adjacent to an activating group) is 1. The summed E-state index contributed by atoms with van der Waals surface area (Å²) in [6, 6.07) is 4.99. The maximum atomic E-state index is 6.16. The Kier molecular flexibility index (Phi) is 5.65. The predicted octanol–water partition coefficient (Wildman–Crippen LogP) is 3.77. The average molecular weight is 295 g/mol. The van der Waals surface area contributed by atoms with E-state index >= 15 is 0 Å². The summed E-state index contributed by atoms with van der Waals surface area (Å²) >= 11 is 1.87. The highest BCUT2D eigenvalue weighted by molar-refractivity contribution is 7.09. The fraction of sp³-hybridized carbons (Fsp3) is 0.765. The molecule has 20 heavy (non-hydrogen) atoms. The minimum atomic E-state index is 0.357. The zero-order valence-corrected chi connectivity index (χ0v) is 14.1. The molecule has 3 unspecified atom stereocenters. The van der Waals surface area contributed by atoms with Gasteiger partial charge in [0.1, 0.15) is 0 Å². The third-order valence-corrected chi connectivity index (χ3v) is 5.93. The van der Waals surface area contributed by atoms with Gasteiger partial charge in [0.25, 0.3) is 0 Å². The first kappa shape index (κ1) is 16.0. The van der Waals surface area contributed by atoms with Crippen molar-refractivity contribution in [3.63, 3.8) is 0 Å². The number of rotatable bonds is 6. The summed E-state index contributed by atoms with van der Waals surface area (Å²) in [6.45, 7) is 6.72. The van der Waals surface area contributed by atoms with Crippen molar-refractivity contribution in [3.8, 4) is 0 Å². The fourth-order valence-electron chi connectivity index (χ4n) is 3.72. The second-order valence-corrected chi connectivity index (χ2v) is 7.99. The van der Waals surface area contributed by atoms with Gasteiger partial charge in [0, 0.05) is 17.5 Å². The number of nitrogens with two attached hydrogens (primary N) is 1. The monoisotopic (exact) mass is 294 g/mol. The lowest BCUT2D eigenvalue weighted by molar-refractivity contribution is 0.0841. The van der Waals surface area contributed by atoms with Crippen LogP contribution in [0.4, 0.5) is 0 Å². The molecule has 0 spiro atoms. The number of thiophene rings is 1. The van der Waals surface area contributed by atoms with Crippen molar-refractivity contribution in [1.82, 2.24) is 4.90 Å². The standard InChI is InChI=1S/C17H30N2S/c1-14-6-4-8-17(11-14,12-18)13-19(3)15(2)10-16-7-5-9-20-16/h5,7,9,14-15H,4,6,8,10-13,18H2,1-3H3. The van der Waals surface area contributed by atoms with E-state index in [1.807, 2.05) is 11.3 Å². The Morgan fingerprint density at radius 3 is 2.95 bits per heavy atom. The summed E-state index contributed by atoms with van der Waals surface area (Å²) < 4.78 is 0. The van der Waals surface area contributed by atoms with E-state index in [1.165, 1.54) is 30.6 Å². The van der Waals surface area contributed by atoms with Gasteiger partial charge in [-0.15, -0.1) is 11.3 Å². The first-order valence-corrected chi connectivity index (χ1v) is 8.85. The van der Waals surface area contributed by atoms with Gasteiger partial charge in [-0.1, -0.05) is 25.8 Å². The normalized spacial score (nSPS) is 28.8. The van der Waals surface area contributed by atoms with Crippen LogP contribution in [0.1, 0.15) is 44.4 Å². The highest BCUT2D eigenvalue weighted by Crippen LogP contribution is 2.39. The second-order valence-electron chi connectivity index (χ2n) is 6.95. The average Bonchev–Trinajstić information content (AvgIpc) is 2.91. The SMILES string of the molecule is CC1CCCC(CN)(CN(C)C(C)Cc2cccs2)C1. The third kappa shape index (κ3) is 4.06. The van der Waals surface area contributed by atoms with E-state index in [0.717, 1.165) is 25.4 Å². The summed E-state index contributed by atoms with van der Waals surface area (Å²) in [7, 11) is 2.27. The van der Waals surface area contributed by atoms with Crippen molar-refractivity contribution in [2.24, 2.45) is 17.1 Å². The molecule has 0 aliphatic heterocycles. The summed E-state index contributed by atoms with van der Waals surface area (Å²) in [4.78, 5) is 4.02. The Morgan fingerprint density at radius 2 is 2.35 bits per heavy atom. The number of hydrogen-bond donors (Lipinski definition) is 1. The van der Waals surface area contributed by atoms with Crippen LogP contribution >= 0.6 is 11.3 Å². The molecule has 0 radical (unpaired) electrons. The molecule has 1 heterocycles. The van der Waals surface area contributed by atoms with Crippen molar-refractivity contribution in [3.05, 3.63) is 22.4 Å². The quantitative estimate of drug-likeness (QED) is 0.865. The summed E-state index contributed by atoms with van der Waals surface area (Å²) in [6.07, 6.45) is 6.51. The van der Waals surface area contributed by atoms with Crippen LogP contribution in [-0.4, -0.2) is 31.1 Å². The van der Waals surface area contributed by atoms with Crippen LogP contribution < -0.4 is 5.73 Å². The minimum Gasteiger partial charge on any atom is -0.330 e. The maximum Gasteiger partial charge on any atom is 0.0112 e. The molecule has 114 valence electrons. The zero-order valence-electron chi connectivity index (χ0n) is 13.3. The lowest BCUT2D eigenvalue weighted by Crippen LogP contribution is -2.46. The zero-order chi connectivity index (χ0) is 14.6. The van der Waals surface area contributed by atoms with E-state index in [9.17, 15) is 0 Å². The molecule has 2 rings (SSSR count). The molecule has 0 bridgehead atoms. The molecule has 1 saturated carbocycles. The van der Waals surface area contributed by atoms with Gasteiger partial charge in [-0.3, -0.25) is 0 Å². The van der Waals surface area contributed by atoms with Gasteiger partial charge in [-0.25, -0.2) is 0 Å². The van der Waals surface area contributed by atoms with Gasteiger partial charge in [0.05, 0.1) is 0 Å². The molecular weight excluding hydrogens is 264 g/mol. The molecule has 2 N–H and O–H groups in total. The molecule has 0 amide bonds. The van der Waals surface area contributed by atoms with Crippen LogP contribution in [0.2, 0.25) is 0 Å². The molecule has 1 aliphatic carbocycles. The minimum absolute atomic E-state index is 0.357. The van der Waals surface area contributed by atoms with Gasteiger partial charge < -0.3 is 10.6 Å². The molecule has 0 saturated heterocycles. The highest BCUT2D eigenvalue weighted by atomic mass is 32.1. The molecule has 1 aromatic heterocycles. The van der Waals surface area contributed by atoms with Gasteiger partial charge in [-0.05, 0) is 62.6 Å². The van der Waals surface area contributed by atoms with Gasteiger partial charge in [0.2, 0.25) is 0 Å². The Labute approximate surface area is 128 Å². The van der Waals surface area contributed by atoms with Crippen molar-refractivity contribution < 1.29 is 0 Å². The van der Waals surface area contributed by atoms with Crippen LogP contribution in [0.3, 0.4) is 0 Å². The van der Waals surface area contributed by atoms with Crippen LogP contribution in [0.5, 0.6) is 0 Å². The maximum absolute atomic E-state index is 6.16. The lowest BCUT2D eigenvalue weighted by Gasteiger charge is -2.43. The third-order valence-electron chi connectivity index (χ3n) is 5.03. The van der Waals surface area contributed by atoms with Crippen molar-refractivity contribution >= 4 is 11.3 Å². The Morgan fingerprint density at radius 1 is 1.55 bits per heavy atom. The van der Waals surface area contributed by atoms with Crippen molar-refractivity contribution in [1.29, 1.82) is 0 Å². The largest absolute Gasteiger partial charge is 0.330 e. The van der Waals surface area contributed by atoms with Gasteiger partial charge >= 0.3 is 0 Å². The summed E-state index contributed by atoms with van der Waals surface area (Å²) in [5.41, 5.74) is 6.52. The van der Waals surface area contributed by atoms with Crippen LogP contribution in [0.15, 0.2) is 17.5 Å². The van der Waals surface area contributed by atoms with Gasteiger partial charge in [0.15, 0.2) is 0 Å². The molecule has 3 atom stereocenters. The topological polar surface area (TPSA) is 29.3 Å². The number of nitrogens with zero attached hydrogens (tertiary/aromatic N) is 1. The van der Waals surface area contributed by atoms with Crippen LogP contribution in [-0.2, 0) is 6.42 Å². The highest BCUT2D eigenvalue weighted by Gasteiger charge is 2.35. The molecule has 2 nitrogen and oxygen atoms in total. The summed E-state index contributed by atoms with van der Waals surface area (Å²) in [5.74, 6) is 0.841. The Hall–Kier alpha value is -0.380. The smallest absolute Gasteiger partial charge is 0.0112 e. The molecule has 0 aromatic carbocycles. The van der Waals surface area contributed by atoms with E-state index in [4.69, 9.17) is 5.73 Å². The molecule has 1 aromatic rings. The molecule has 1 aliphatic rings. The first-order valence-electron chi connectivity index (χ1n) is 7.97.